The van der Waals surface area contributed by atoms with Crippen LogP contribution in [0.3, 0.4) is 0 Å². The molecule has 78 valence electrons. The molecular weight excluding hydrogens is 200 g/mol. The van der Waals surface area contributed by atoms with Crippen molar-refractivity contribution in [2.75, 3.05) is 5.32 Å². The lowest BCUT2D eigenvalue weighted by Crippen LogP contribution is -2.02. The van der Waals surface area contributed by atoms with E-state index >= 15 is 0 Å². The summed E-state index contributed by atoms with van der Waals surface area (Å²) in [4.78, 5) is 8.10. The Kier molecular flexibility index (Phi) is 3.10. The van der Waals surface area contributed by atoms with E-state index in [1.54, 1.807) is 24.5 Å². The quantitative estimate of drug-likeness (QED) is 0.841. The Morgan fingerprint density at radius 1 is 1.19 bits per heavy atom. The van der Waals surface area contributed by atoms with E-state index in [-0.39, 0.29) is 0 Å². The largest absolute Gasteiger partial charge is 0.350 e. The first-order valence-corrected chi connectivity index (χ1v) is 4.88. The fraction of sp³-hybridized carbons (Fsp3) is 0.0833. The van der Waals surface area contributed by atoms with Gasteiger partial charge in [-0.25, -0.2) is 9.97 Å². The Morgan fingerprint density at radius 3 is 2.75 bits per heavy atom. The van der Waals surface area contributed by atoms with E-state index in [1.807, 2.05) is 18.2 Å². The summed E-state index contributed by atoms with van der Waals surface area (Å²) in [6.45, 7) is 0.611. The first kappa shape index (κ1) is 10.1. The van der Waals surface area contributed by atoms with Gasteiger partial charge in [-0.15, -0.1) is 0 Å². The van der Waals surface area contributed by atoms with Crippen molar-refractivity contribution >= 4 is 5.95 Å². The van der Waals surface area contributed by atoms with Gasteiger partial charge in [0, 0.05) is 18.9 Å². The predicted molar refractivity (Wildman–Crippen MR) is 60.5 cm³/mol. The van der Waals surface area contributed by atoms with E-state index in [9.17, 15) is 0 Å². The molecule has 2 aromatic rings. The van der Waals surface area contributed by atoms with Gasteiger partial charge in [-0.05, 0) is 23.8 Å². The maximum absolute atomic E-state index is 8.75. The third kappa shape index (κ3) is 2.55. The van der Waals surface area contributed by atoms with Crippen molar-refractivity contribution < 1.29 is 0 Å². The summed E-state index contributed by atoms with van der Waals surface area (Å²) >= 11 is 0. The van der Waals surface area contributed by atoms with Crippen molar-refractivity contribution in [1.82, 2.24) is 9.97 Å². The average Bonchev–Trinajstić information content (AvgIpc) is 2.38. The molecule has 0 saturated heterocycles. The fourth-order valence-corrected chi connectivity index (χ4v) is 1.32. The molecule has 0 bridgehead atoms. The monoisotopic (exact) mass is 210 g/mol. The van der Waals surface area contributed by atoms with Gasteiger partial charge in [0.05, 0.1) is 11.6 Å². The number of nitrogens with one attached hydrogen (secondary N) is 1. The molecule has 0 fully saturated rings. The van der Waals surface area contributed by atoms with Gasteiger partial charge < -0.3 is 5.32 Å². The molecule has 0 spiro atoms. The highest BCUT2D eigenvalue weighted by atomic mass is 15.1. The molecule has 0 unspecified atom stereocenters. The molecule has 4 nitrogen and oxygen atoms in total. The number of anilines is 1. The van der Waals surface area contributed by atoms with E-state index in [0.717, 1.165) is 5.56 Å². The lowest BCUT2D eigenvalue weighted by molar-refractivity contribution is 1.05. The van der Waals surface area contributed by atoms with Crippen LogP contribution in [0.1, 0.15) is 11.1 Å². The number of hydrogen-bond acceptors (Lipinski definition) is 4. The normalized spacial score (nSPS) is 9.44. The Labute approximate surface area is 93.6 Å². The molecule has 2 rings (SSSR count). The molecule has 0 atom stereocenters. The Morgan fingerprint density at radius 2 is 2.00 bits per heavy atom. The maximum atomic E-state index is 8.75. The number of aromatic nitrogens is 2. The van der Waals surface area contributed by atoms with Gasteiger partial charge in [-0.1, -0.05) is 12.1 Å². The van der Waals surface area contributed by atoms with Crippen molar-refractivity contribution in [3.05, 3.63) is 53.9 Å². The van der Waals surface area contributed by atoms with Crippen LogP contribution in [0.2, 0.25) is 0 Å². The number of rotatable bonds is 3. The molecule has 0 aliphatic heterocycles. The van der Waals surface area contributed by atoms with Crippen LogP contribution >= 0.6 is 0 Å². The zero-order valence-electron chi connectivity index (χ0n) is 8.59. The third-order valence-corrected chi connectivity index (χ3v) is 2.07. The molecule has 1 aromatic carbocycles. The summed E-state index contributed by atoms with van der Waals surface area (Å²) in [5, 5.41) is 11.8. The standard InChI is InChI=1S/C12H10N4/c13-8-10-3-1-4-11(7-10)9-16-12-14-5-2-6-15-12/h1-7H,9H2,(H,14,15,16). The Hall–Kier alpha value is -2.41. The average molecular weight is 210 g/mol. The van der Waals surface area contributed by atoms with Crippen LogP contribution in [0.4, 0.5) is 5.95 Å². The van der Waals surface area contributed by atoms with E-state index < -0.39 is 0 Å². The van der Waals surface area contributed by atoms with Crippen molar-refractivity contribution in [3.8, 4) is 6.07 Å². The molecule has 0 amide bonds. The van der Waals surface area contributed by atoms with E-state index in [4.69, 9.17) is 5.26 Å². The van der Waals surface area contributed by atoms with Gasteiger partial charge in [0.1, 0.15) is 0 Å². The second kappa shape index (κ2) is 4.89. The summed E-state index contributed by atoms with van der Waals surface area (Å²) < 4.78 is 0. The minimum atomic E-state index is 0.588. The van der Waals surface area contributed by atoms with Crippen LogP contribution in [-0.4, -0.2) is 9.97 Å². The van der Waals surface area contributed by atoms with Gasteiger partial charge in [-0.2, -0.15) is 5.26 Å². The highest BCUT2D eigenvalue weighted by Crippen LogP contribution is 2.06. The molecule has 0 aliphatic rings. The minimum Gasteiger partial charge on any atom is -0.350 e. The molecule has 4 heteroatoms. The summed E-state index contributed by atoms with van der Waals surface area (Å²) in [5.41, 5.74) is 1.69. The fourth-order valence-electron chi connectivity index (χ4n) is 1.32. The predicted octanol–water partition coefficient (Wildman–Crippen LogP) is 1.96. The number of hydrogen-bond donors (Lipinski definition) is 1. The molecule has 1 N–H and O–H groups in total. The number of nitriles is 1. The Balaban J connectivity index is 2.03. The van der Waals surface area contributed by atoms with Gasteiger partial charge in [0.25, 0.3) is 0 Å². The van der Waals surface area contributed by atoms with Crippen LogP contribution < -0.4 is 5.32 Å². The highest BCUT2D eigenvalue weighted by Gasteiger charge is 1.96. The Bertz CT molecular complexity index is 502. The maximum Gasteiger partial charge on any atom is 0.222 e. The molecule has 0 radical (unpaired) electrons. The molecule has 1 aromatic heterocycles. The first-order chi connectivity index (χ1) is 7.88. The van der Waals surface area contributed by atoms with Crippen LogP contribution in [-0.2, 0) is 6.54 Å². The van der Waals surface area contributed by atoms with Gasteiger partial charge >= 0.3 is 0 Å². The van der Waals surface area contributed by atoms with Crippen LogP contribution in [0.5, 0.6) is 0 Å². The SMILES string of the molecule is N#Cc1cccc(CNc2ncccn2)c1. The van der Waals surface area contributed by atoms with Crippen molar-refractivity contribution in [2.24, 2.45) is 0 Å². The van der Waals surface area contributed by atoms with Gasteiger partial charge in [0.15, 0.2) is 0 Å². The van der Waals surface area contributed by atoms with E-state index in [0.29, 0.717) is 18.1 Å². The minimum absolute atomic E-state index is 0.588. The van der Waals surface area contributed by atoms with E-state index in [1.165, 1.54) is 0 Å². The molecule has 0 saturated carbocycles. The second-order valence-electron chi connectivity index (χ2n) is 3.24. The summed E-state index contributed by atoms with van der Waals surface area (Å²) in [6.07, 6.45) is 3.36. The zero-order valence-corrected chi connectivity index (χ0v) is 8.59. The first-order valence-electron chi connectivity index (χ1n) is 4.88. The van der Waals surface area contributed by atoms with Gasteiger partial charge in [0.2, 0.25) is 5.95 Å². The summed E-state index contributed by atoms with van der Waals surface area (Å²) in [5.74, 6) is 0.588. The van der Waals surface area contributed by atoms with Crippen LogP contribution in [0.25, 0.3) is 0 Å². The van der Waals surface area contributed by atoms with Crippen LogP contribution in [0.15, 0.2) is 42.7 Å². The molecule has 0 aliphatic carbocycles. The topological polar surface area (TPSA) is 61.6 Å². The third-order valence-electron chi connectivity index (χ3n) is 2.07. The van der Waals surface area contributed by atoms with Crippen molar-refractivity contribution in [3.63, 3.8) is 0 Å². The highest BCUT2D eigenvalue weighted by molar-refractivity contribution is 5.34. The lowest BCUT2D eigenvalue weighted by Gasteiger charge is -2.04. The number of nitrogens with zero attached hydrogens (tertiary/aromatic N) is 3. The van der Waals surface area contributed by atoms with Crippen molar-refractivity contribution in [2.45, 2.75) is 6.54 Å². The molecule has 16 heavy (non-hydrogen) atoms. The zero-order chi connectivity index (χ0) is 11.2. The molecule has 1 heterocycles. The molecular formula is C12H10N4. The summed E-state index contributed by atoms with van der Waals surface area (Å²) in [6, 6.07) is 11.3. The second-order valence-corrected chi connectivity index (χ2v) is 3.24. The van der Waals surface area contributed by atoms with E-state index in [2.05, 4.69) is 21.4 Å². The van der Waals surface area contributed by atoms with Crippen LogP contribution in [0, 0.1) is 11.3 Å². The van der Waals surface area contributed by atoms with Gasteiger partial charge in [-0.3, -0.25) is 0 Å². The van der Waals surface area contributed by atoms with Crippen molar-refractivity contribution in [1.29, 1.82) is 5.26 Å². The summed E-state index contributed by atoms with van der Waals surface area (Å²) in [7, 11) is 0. The lowest BCUT2D eigenvalue weighted by atomic mass is 10.1. The smallest absolute Gasteiger partial charge is 0.222 e. The number of benzene rings is 1.